The molecule has 0 fully saturated rings. The van der Waals surface area contributed by atoms with E-state index in [-0.39, 0.29) is 32.2 Å². The summed E-state index contributed by atoms with van der Waals surface area (Å²) in [6, 6.07) is 0. The van der Waals surface area contributed by atoms with Gasteiger partial charge in [-0.25, -0.2) is 0 Å². The largest absolute Gasteiger partial charge is 0.756 e. The molecule has 0 radical (unpaired) electrons. The van der Waals surface area contributed by atoms with Crippen molar-refractivity contribution in [1.82, 2.24) is 0 Å². The zero-order chi connectivity index (χ0) is 43.7. The molecule has 0 aliphatic carbocycles. The first-order valence-electron chi connectivity index (χ1n) is 22.0. The third kappa shape index (κ3) is 42.8. The Morgan fingerprint density at radius 2 is 1.07 bits per heavy atom. The van der Waals surface area contributed by atoms with Crippen LogP contribution in [0.2, 0.25) is 0 Å². The topological polar surface area (TPSA) is 131 Å². The molecular formula is C48H80NO9P. The van der Waals surface area contributed by atoms with Crippen LogP contribution in [-0.4, -0.2) is 81.2 Å². The number of aliphatic hydroxyl groups excluding tert-OH is 1. The third-order valence-electron chi connectivity index (χ3n) is 8.63. The molecule has 0 bridgehead atoms. The van der Waals surface area contributed by atoms with Crippen molar-refractivity contribution in [2.75, 3.05) is 47.5 Å². The highest BCUT2D eigenvalue weighted by molar-refractivity contribution is 7.45. The summed E-state index contributed by atoms with van der Waals surface area (Å²) < 4.78 is 33.7. The molecule has 11 heteroatoms. The fraction of sp³-hybridized carbons (Fsp3) is 0.625. The Bertz CT molecular complexity index is 1340. The monoisotopic (exact) mass is 846 g/mol. The number of carbonyl (C=O) groups excluding carboxylic acids is 2. The van der Waals surface area contributed by atoms with Gasteiger partial charge in [-0.2, -0.15) is 0 Å². The molecule has 0 heterocycles. The number of unbranched alkanes of at least 4 members (excludes halogenated alkanes) is 5. The van der Waals surface area contributed by atoms with Gasteiger partial charge in [0, 0.05) is 12.8 Å². The van der Waals surface area contributed by atoms with Gasteiger partial charge in [-0.15, -0.1) is 0 Å². The Morgan fingerprint density at radius 3 is 1.54 bits per heavy atom. The summed E-state index contributed by atoms with van der Waals surface area (Å²) in [5.74, 6) is -0.998. The van der Waals surface area contributed by atoms with Gasteiger partial charge in [0.25, 0.3) is 7.82 Å². The molecule has 0 spiro atoms. The number of phosphoric ester groups is 1. The summed E-state index contributed by atoms with van der Waals surface area (Å²) in [7, 11) is 1.06. The number of likely N-dealkylation sites (N-methyl/N-ethyl adjacent to an activating group) is 1. The lowest BCUT2D eigenvalue weighted by molar-refractivity contribution is -0.870. The first kappa shape index (κ1) is 55.9. The van der Waals surface area contributed by atoms with Gasteiger partial charge >= 0.3 is 11.9 Å². The van der Waals surface area contributed by atoms with Gasteiger partial charge in [0.2, 0.25) is 0 Å². The molecule has 0 aromatic carbocycles. The molecule has 0 aromatic heterocycles. The number of phosphoric acid groups is 1. The Morgan fingerprint density at radius 1 is 0.610 bits per heavy atom. The minimum Gasteiger partial charge on any atom is -0.756 e. The van der Waals surface area contributed by atoms with Crippen LogP contribution in [0.3, 0.4) is 0 Å². The second kappa shape index (κ2) is 39.1. The van der Waals surface area contributed by atoms with Crippen LogP contribution >= 0.6 is 7.82 Å². The van der Waals surface area contributed by atoms with Crippen LogP contribution in [0.4, 0.5) is 0 Å². The average molecular weight is 846 g/mol. The fourth-order valence-electron chi connectivity index (χ4n) is 5.18. The van der Waals surface area contributed by atoms with Gasteiger partial charge in [-0.3, -0.25) is 14.2 Å². The summed E-state index contributed by atoms with van der Waals surface area (Å²) in [4.78, 5) is 37.5. The van der Waals surface area contributed by atoms with Crippen LogP contribution in [0.15, 0.2) is 97.2 Å². The number of aliphatic hydroxyl groups is 1. The maximum absolute atomic E-state index is 12.7. The number of rotatable bonds is 38. The summed E-state index contributed by atoms with van der Waals surface area (Å²) in [5, 5.41) is 9.73. The van der Waals surface area contributed by atoms with E-state index in [9.17, 15) is 24.2 Å². The number of carbonyl (C=O) groups is 2. The third-order valence-corrected chi connectivity index (χ3v) is 9.60. The lowest BCUT2D eigenvalue weighted by Crippen LogP contribution is -2.37. The number of hydrogen-bond donors (Lipinski definition) is 1. The molecule has 10 nitrogen and oxygen atoms in total. The van der Waals surface area contributed by atoms with E-state index in [1.165, 1.54) is 19.3 Å². The van der Waals surface area contributed by atoms with Crippen molar-refractivity contribution in [2.24, 2.45) is 0 Å². The molecule has 3 atom stereocenters. The van der Waals surface area contributed by atoms with Crippen molar-refractivity contribution in [1.29, 1.82) is 0 Å². The standard InChI is InChI=1S/C48H80NO9P/c1-6-8-9-10-11-12-13-14-15-16-17-20-24-27-30-33-36-40-48(52)58-46(44-57-59(53,54)56-42-41-49(3,4)5)43-55-47(51)39-35-32-29-26-23-21-18-19-22-25-28-31-34-38-45(50)37-7-2/h11-12,14-15,17-18,20-22,25-27,29-31,34,45-46,50H,6-10,13,16,19,23-24,28,32-33,35-44H2,1-5H3/b12-11-,15-14-,20-17-,21-18-,25-22-,29-26-,30-27-,34-31-/t45?,46-/m1/s1. The van der Waals surface area contributed by atoms with Crippen molar-refractivity contribution >= 4 is 19.8 Å². The second-order valence-corrected chi connectivity index (χ2v) is 16.9. The molecule has 1 N–H and O–H groups in total. The molecule has 59 heavy (non-hydrogen) atoms. The smallest absolute Gasteiger partial charge is 0.306 e. The number of ether oxygens (including phenoxy) is 2. The highest BCUT2D eigenvalue weighted by Crippen LogP contribution is 2.38. The molecule has 2 unspecified atom stereocenters. The molecule has 0 amide bonds. The van der Waals surface area contributed by atoms with Crippen LogP contribution in [0.1, 0.15) is 136 Å². The highest BCUT2D eigenvalue weighted by atomic mass is 31.2. The van der Waals surface area contributed by atoms with Gasteiger partial charge in [0.15, 0.2) is 6.10 Å². The maximum Gasteiger partial charge on any atom is 0.306 e. The van der Waals surface area contributed by atoms with E-state index in [2.05, 4.69) is 92.8 Å². The predicted molar refractivity (Wildman–Crippen MR) is 241 cm³/mol. The Hall–Kier alpha value is -3.11. The van der Waals surface area contributed by atoms with Crippen molar-refractivity contribution in [3.63, 3.8) is 0 Å². The van der Waals surface area contributed by atoms with Gasteiger partial charge in [0.1, 0.15) is 19.8 Å². The minimum absolute atomic E-state index is 0.0613. The lowest BCUT2D eigenvalue weighted by Gasteiger charge is -2.28. The number of nitrogens with zero attached hydrogens (tertiary/aromatic N) is 1. The molecule has 0 saturated heterocycles. The Balaban J connectivity index is 4.59. The zero-order valence-corrected chi connectivity index (χ0v) is 38.2. The summed E-state index contributed by atoms with van der Waals surface area (Å²) in [5.41, 5.74) is 0. The van der Waals surface area contributed by atoms with Crippen LogP contribution in [-0.2, 0) is 32.7 Å². The van der Waals surface area contributed by atoms with E-state index >= 15 is 0 Å². The van der Waals surface area contributed by atoms with Crippen LogP contribution in [0, 0.1) is 0 Å². The molecular weight excluding hydrogens is 766 g/mol. The van der Waals surface area contributed by atoms with E-state index in [1.807, 2.05) is 39.4 Å². The second-order valence-electron chi connectivity index (χ2n) is 15.5. The van der Waals surface area contributed by atoms with E-state index < -0.39 is 32.5 Å². The average Bonchev–Trinajstić information content (AvgIpc) is 3.18. The first-order valence-corrected chi connectivity index (χ1v) is 23.5. The normalized spacial score (nSPS) is 15.0. The fourth-order valence-corrected chi connectivity index (χ4v) is 5.91. The van der Waals surface area contributed by atoms with E-state index in [0.29, 0.717) is 43.1 Å². The molecule has 0 rings (SSSR count). The molecule has 0 aliphatic heterocycles. The Labute approximate surface area is 358 Å². The molecule has 0 aliphatic rings. The lowest BCUT2D eigenvalue weighted by atomic mass is 10.1. The quantitative estimate of drug-likeness (QED) is 0.0212. The zero-order valence-electron chi connectivity index (χ0n) is 37.3. The number of allylic oxidation sites excluding steroid dienone is 15. The molecule has 0 aromatic rings. The minimum atomic E-state index is -4.67. The number of quaternary nitrogens is 1. The summed E-state index contributed by atoms with van der Waals surface area (Å²) in [6.07, 6.45) is 48.0. The van der Waals surface area contributed by atoms with Gasteiger partial charge in [-0.1, -0.05) is 130 Å². The first-order chi connectivity index (χ1) is 28.4. The summed E-state index contributed by atoms with van der Waals surface area (Å²) >= 11 is 0. The Kier molecular flexibility index (Phi) is 37.0. The van der Waals surface area contributed by atoms with Gasteiger partial charge < -0.3 is 33.0 Å². The summed E-state index contributed by atoms with van der Waals surface area (Å²) in [6.45, 7) is 3.83. The van der Waals surface area contributed by atoms with Crippen molar-refractivity contribution in [2.45, 2.75) is 148 Å². The van der Waals surface area contributed by atoms with E-state index in [1.54, 1.807) is 0 Å². The molecule has 336 valence electrons. The van der Waals surface area contributed by atoms with E-state index in [4.69, 9.17) is 18.5 Å². The van der Waals surface area contributed by atoms with Crippen LogP contribution in [0.5, 0.6) is 0 Å². The van der Waals surface area contributed by atoms with Gasteiger partial charge in [0.05, 0.1) is 33.9 Å². The van der Waals surface area contributed by atoms with Crippen LogP contribution in [0.25, 0.3) is 0 Å². The van der Waals surface area contributed by atoms with Gasteiger partial charge in [-0.05, 0) is 89.9 Å². The number of esters is 2. The SMILES string of the molecule is CCCCC/C=C\C/C=C\C/C=C\C/C=C\CCCC(=O)O[C@H](COC(=O)CCC/C=C\C/C=C\C/C=C\C/C=C\CC(O)CCC)COP(=O)([O-])OCC[N+](C)(C)C. The van der Waals surface area contributed by atoms with Crippen LogP contribution < -0.4 is 4.89 Å². The number of hydrogen-bond acceptors (Lipinski definition) is 9. The highest BCUT2D eigenvalue weighted by Gasteiger charge is 2.21. The molecule has 0 saturated carbocycles. The maximum atomic E-state index is 12.7. The van der Waals surface area contributed by atoms with Crippen molar-refractivity contribution in [3.05, 3.63) is 97.2 Å². The van der Waals surface area contributed by atoms with E-state index in [0.717, 1.165) is 57.8 Å². The van der Waals surface area contributed by atoms with Crippen molar-refractivity contribution < 1.29 is 47.2 Å². The predicted octanol–water partition coefficient (Wildman–Crippen LogP) is 10.9. The van der Waals surface area contributed by atoms with Crippen molar-refractivity contribution in [3.8, 4) is 0 Å².